The van der Waals surface area contributed by atoms with Crippen LogP contribution in [0.4, 0.5) is 0 Å². The second-order valence-corrected chi connectivity index (χ2v) is 21.4. The molecule has 0 radical (unpaired) electrons. The van der Waals surface area contributed by atoms with E-state index in [-0.39, 0.29) is 0 Å². The molecule has 0 aliphatic carbocycles. The summed E-state index contributed by atoms with van der Waals surface area (Å²) >= 11 is 40.9. The van der Waals surface area contributed by atoms with Gasteiger partial charge in [0.15, 0.2) is 76.3 Å². The van der Waals surface area contributed by atoms with E-state index >= 15 is 0 Å². The molecule has 0 aromatic carbocycles. The minimum Gasteiger partial charge on any atom is -0.506 e. The predicted octanol–water partition coefficient (Wildman–Crippen LogP) is -0.171. The Hall–Kier alpha value is -2.19. The number of rotatable bonds is 17. The Labute approximate surface area is 537 Å². The van der Waals surface area contributed by atoms with Gasteiger partial charge in [0, 0.05) is 41.2 Å². The topological polar surface area (TPSA) is 569 Å². The van der Waals surface area contributed by atoms with Crippen molar-refractivity contribution in [1.82, 2.24) is 0 Å². The van der Waals surface area contributed by atoms with Crippen LogP contribution in [0.2, 0.25) is 0 Å². The van der Waals surface area contributed by atoms with Crippen LogP contribution in [0, 0.1) is 0 Å². The molecule has 0 spiro atoms. The largest absolute Gasteiger partial charge is 0.506 e. The van der Waals surface area contributed by atoms with Crippen molar-refractivity contribution in [2.24, 2.45) is 0 Å². The Kier molecular flexibility index (Phi) is 40.9. The van der Waals surface area contributed by atoms with Gasteiger partial charge in [-0.3, -0.25) is 0 Å². The lowest BCUT2D eigenvalue weighted by atomic mass is 10.0. The number of ether oxygens (including phenoxy) is 7. The molecule has 88 heavy (non-hydrogen) atoms. The normalized spacial score (nSPS) is 39.4. The fourth-order valence-electron chi connectivity index (χ4n) is 7.49. The van der Waals surface area contributed by atoms with Gasteiger partial charge in [-0.1, -0.05) is 0 Å². The number of halogens is 7. The van der Waals surface area contributed by atoms with Gasteiger partial charge in [0.25, 0.3) is 0 Å². The highest BCUT2D eigenvalue weighted by Gasteiger charge is 2.43. The summed E-state index contributed by atoms with van der Waals surface area (Å²) < 4.78 is 36.5. The van der Waals surface area contributed by atoms with Crippen molar-refractivity contribution in [3.05, 3.63) is 57.6 Å². The highest BCUT2D eigenvalue weighted by molar-refractivity contribution is 6.19. The highest BCUT2D eigenvalue weighted by Crippen LogP contribution is 2.29. The maximum Gasteiger partial charge on any atom is 0.218 e. The smallest absolute Gasteiger partial charge is 0.218 e. The quantitative estimate of drug-likeness (QED) is 0.0664. The van der Waals surface area contributed by atoms with Gasteiger partial charge in [-0.25, -0.2) is 9.78 Å². The summed E-state index contributed by atoms with van der Waals surface area (Å²) in [6, 6.07) is 0. The molecule has 1 heterocycles. The summed E-state index contributed by atoms with van der Waals surface area (Å²) in [7, 11) is 0. The molecule has 1 rings (SSSR count). The molecule has 0 aromatic heterocycles. The predicted molar refractivity (Wildman–Crippen MR) is 303 cm³/mol. The summed E-state index contributed by atoms with van der Waals surface area (Å²) in [5.74, 6) is -18.4. The third kappa shape index (κ3) is 25.6. The van der Waals surface area contributed by atoms with E-state index in [2.05, 4.69) is 0 Å². The van der Waals surface area contributed by atoms with Gasteiger partial charge in [0.1, 0.15) is 67.1 Å². The van der Waals surface area contributed by atoms with Crippen LogP contribution in [0.5, 0.6) is 0 Å². The van der Waals surface area contributed by atoms with Gasteiger partial charge in [-0.15, -0.1) is 81.2 Å². The van der Waals surface area contributed by atoms with Gasteiger partial charge in [-0.2, -0.15) is 0 Å². The molecule has 1 aliphatic heterocycles. The Balaban J connectivity index is 4.19. The molecule has 0 saturated heterocycles. The van der Waals surface area contributed by atoms with Crippen LogP contribution in [-0.4, -0.2) is 306 Å². The molecule has 0 saturated carbocycles. The average Bonchev–Trinajstić information content (AvgIpc) is 3.71. The fraction of sp³-hybridized carbons (Fsp3) is 0.792. The molecule has 22 unspecified atom stereocenters. The second kappa shape index (κ2) is 42.9. The third-order valence-electron chi connectivity index (χ3n) is 12.5. The van der Waals surface area contributed by atoms with Crippen LogP contribution in [-0.2, 0) is 42.9 Å². The SMILES string of the molecule is CC(O)C(O)C1OC(O)/C(O)=C(\O)C(CCCl)OC(O)/C(O)=C(\O)C(CCCl)OC(O)/C(O)=C(\O)C(CCCl)OC(O)/C(O)=C(\O)C(CCCl)OC(O)C(O)C(O)C(CCCl)OC(O)C(O)C(O)C(CCCl)OC(O)/C(O)=C(/O)C(CCCl)OOC1CO. The van der Waals surface area contributed by atoms with Crippen LogP contribution >= 0.6 is 81.2 Å². The molecular weight excluding hydrogens is 1350 g/mol. The monoisotopic (exact) mass is 1430 g/mol. The Bertz CT molecular complexity index is 2150. The van der Waals surface area contributed by atoms with Gasteiger partial charge >= 0.3 is 0 Å². The van der Waals surface area contributed by atoms with E-state index in [1.807, 2.05) is 0 Å². The molecule has 22 atom stereocenters. The summed E-state index contributed by atoms with van der Waals surface area (Å²) in [5, 5.41) is 262. The first-order valence-corrected chi connectivity index (χ1v) is 29.9. The van der Waals surface area contributed by atoms with E-state index in [1.54, 1.807) is 0 Å². The van der Waals surface area contributed by atoms with E-state index in [0.29, 0.717) is 0 Å². The van der Waals surface area contributed by atoms with Crippen LogP contribution in [0.3, 0.4) is 0 Å². The average molecular weight is 1430 g/mol. The maximum atomic E-state index is 11.1. The van der Waals surface area contributed by atoms with Crippen LogP contribution in [0.15, 0.2) is 57.6 Å². The van der Waals surface area contributed by atoms with Crippen molar-refractivity contribution < 1.29 is 165 Å². The van der Waals surface area contributed by atoms with E-state index in [4.69, 9.17) is 124 Å². The summed E-state index contributed by atoms with van der Waals surface area (Å²) in [4.78, 5) is 10.3. The zero-order chi connectivity index (χ0) is 67.4. The lowest BCUT2D eigenvalue weighted by Gasteiger charge is -2.35. The van der Waals surface area contributed by atoms with Gasteiger partial charge in [-0.05, 0) is 51.9 Å². The van der Waals surface area contributed by atoms with Crippen molar-refractivity contribution in [3.8, 4) is 0 Å². The molecule has 0 aromatic rings. The zero-order valence-electron chi connectivity index (χ0n) is 46.4. The number of hydrogen-bond donors (Lipinski definition) is 24. The summed E-state index contributed by atoms with van der Waals surface area (Å²) in [5.41, 5.74) is 0. The van der Waals surface area contributed by atoms with E-state index in [9.17, 15) is 123 Å². The molecule has 40 heteroatoms. The summed E-state index contributed by atoms with van der Waals surface area (Å²) in [6.45, 7) is -0.363. The van der Waals surface area contributed by atoms with E-state index in [1.165, 1.54) is 0 Å². The Morgan fingerprint density at radius 2 is 0.591 bits per heavy atom. The lowest BCUT2D eigenvalue weighted by Crippen LogP contribution is -2.52. The molecule has 0 amide bonds. The fourth-order valence-corrected chi connectivity index (χ4v) is 8.91. The molecule has 518 valence electrons. The first-order valence-electron chi connectivity index (χ1n) is 26.2. The van der Waals surface area contributed by atoms with Gasteiger partial charge in [0.2, 0.25) is 31.5 Å². The Morgan fingerprint density at radius 1 is 0.318 bits per heavy atom. The van der Waals surface area contributed by atoms with Crippen LogP contribution in [0.1, 0.15) is 51.9 Å². The van der Waals surface area contributed by atoms with E-state index in [0.717, 1.165) is 6.92 Å². The first kappa shape index (κ1) is 83.8. The number of aliphatic hydroxyl groups excluding tert-OH is 24. The van der Waals surface area contributed by atoms with Crippen LogP contribution < -0.4 is 0 Å². The van der Waals surface area contributed by atoms with Gasteiger partial charge < -0.3 is 156 Å². The highest BCUT2D eigenvalue weighted by atomic mass is 35.5. The molecule has 0 fully saturated rings. The maximum absolute atomic E-state index is 11.1. The van der Waals surface area contributed by atoms with Crippen molar-refractivity contribution >= 4 is 81.2 Å². The van der Waals surface area contributed by atoms with Crippen molar-refractivity contribution in [2.75, 3.05) is 47.8 Å². The van der Waals surface area contributed by atoms with Crippen LogP contribution in [0.25, 0.3) is 0 Å². The standard InChI is InChI=1S/C48H79Cl7O33/c1-17(57)26(58)41-25(16-56)88-87-24(8-15-55)33(65)40(72)47(78)85-22(6-13-53)31(63)38(70)45(76)83-20(4-11-51)29(61)36(68)43(74)81-18(2-9-49)27(59)34(66)42(73)80-19(3-10-50)28(60)35(67)44(75)82-21(5-12-52)30(62)37(69)46(77)84-23(7-14-54)32(64)39(71)48(79)86-41/h17-26,29,31,36,38,41-48,56-79H,2-16H2,1H3/b34-27+,35-28+,37-30+,39-32+,40-33-. The molecule has 24 N–H and O–H groups in total. The van der Waals surface area contributed by atoms with Crippen molar-refractivity contribution in [1.29, 1.82) is 0 Å². The van der Waals surface area contributed by atoms with Gasteiger partial charge in [0.05, 0.1) is 24.9 Å². The third-order valence-corrected chi connectivity index (χ3v) is 14.0. The number of alkyl halides is 7. The van der Waals surface area contributed by atoms with Crippen molar-refractivity contribution in [2.45, 2.75) is 187 Å². The first-order chi connectivity index (χ1) is 41.3. The number of aliphatic hydroxyl groups is 24. The minimum atomic E-state index is -2.86. The molecular formula is C48H79Cl7O33. The summed E-state index contributed by atoms with van der Waals surface area (Å²) in [6.07, 6.45) is -56.0. The molecule has 33 nitrogen and oxygen atoms in total. The van der Waals surface area contributed by atoms with E-state index < -0.39 is 286 Å². The van der Waals surface area contributed by atoms with Crippen molar-refractivity contribution in [3.63, 3.8) is 0 Å². The second-order valence-electron chi connectivity index (χ2n) is 18.8. The molecule has 0 bridgehead atoms. The number of hydrogen-bond acceptors (Lipinski definition) is 33. The zero-order valence-corrected chi connectivity index (χ0v) is 51.7. The Morgan fingerprint density at radius 3 is 0.909 bits per heavy atom. The molecule has 1 aliphatic rings. The lowest BCUT2D eigenvalue weighted by molar-refractivity contribution is -0.377. The minimum absolute atomic E-state index is 0.453.